The van der Waals surface area contributed by atoms with Gasteiger partial charge in [-0.15, -0.1) is 0 Å². The van der Waals surface area contributed by atoms with Gasteiger partial charge >= 0.3 is 0 Å². The molecular weight excluding hydrogens is 337 g/mol. The molecule has 0 spiro atoms. The fourth-order valence-electron chi connectivity index (χ4n) is 2.47. The average molecular weight is 355 g/mol. The van der Waals surface area contributed by atoms with Gasteiger partial charge in [-0.25, -0.2) is 4.39 Å². The molecule has 1 heterocycles. The van der Waals surface area contributed by atoms with Crippen LogP contribution in [0.1, 0.15) is 16.1 Å². The Balaban J connectivity index is 1.68. The predicted octanol–water partition coefficient (Wildman–Crippen LogP) is 4.03. The van der Waals surface area contributed by atoms with Crippen molar-refractivity contribution in [3.8, 4) is 22.8 Å². The lowest BCUT2D eigenvalue weighted by atomic mass is 10.2. The van der Waals surface area contributed by atoms with Crippen LogP contribution in [-0.4, -0.2) is 20.1 Å². The topological polar surface area (TPSA) is 60.7 Å². The van der Waals surface area contributed by atoms with Gasteiger partial charge in [0.2, 0.25) is 0 Å². The standard InChI is InChI=1S/C20H18FNO4/c1-24-16-9-13(10-17(11-16)25-2)12-22-20(23)19-8-7-18(26-19)14-3-5-15(21)6-4-14/h3-11H,12H2,1-2H3,(H,22,23). The maximum absolute atomic E-state index is 13.0. The molecule has 0 unspecified atom stereocenters. The fourth-order valence-corrected chi connectivity index (χ4v) is 2.47. The number of ether oxygens (including phenoxy) is 2. The zero-order chi connectivity index (χ0) is 18.5. The van der Waals surface area contributed by atoms with Crippen LogP contribution in [0.15, 0.2) is 59.0 Å². The number of methoxy groups -OCH3 is 2. The van der Waals surface area contributed by atoms with E-state index < -0.39 is 0 Å². The van der Waals surface area contributed by atoms with Gasteiger partial charge in [0.1, 0.15) is 23.1 Å². The van der Waals surface area contributed by atoms with Crippen molar-refractivity contribution in [1.82, 2.24) is 5.32 Å². The van der Waals surface area contributed by atoms with E-state index in [1.54, 1.807) is 44.6 Å². The molecule has 1 aromatic heterocycles. The molecule has 0 atom stereocenters. The van der Waals surface area contributed by atoms with Crippen LogP contribution >= 0.6 is 0 Å². The van der Waals surface area contributed by atoms with E-state index in [0.29, 0.717) is 29.4 Å². The second kappa shape index (κ2) is 7.74. The van der Waals surface area contributed by atoms with Gasteiger partial charge in [0, 0.05) is 18.2 Å². The van der Waals surface area contributed by atoms with Crippen molar-refractivity contribution in [3.05, 3.63) is 71.7 Å². The van der Waals surface area contributed by atoms with E-state index in [9.17, 15) is 9.18 Å². The van der Waals surface area contributed by atoms with Crippen LogP contribution in [0.2, 0.25) is 0 Å². The number of rotatable bonds is 6. The third-order valence-electron chi connectivity index (χ3n) is 3.82. The van der Waals surface area contributed by atoms with E-state index in [-0.39, 0.29) is 17.5 Å². The summed E-state index contributed by atoms with van der Waals surface area (Å²) >= 11 is 0. The molecule has 3 aromatic rings. The molecule has 1 amide bonds. The Morgan fingerprint density at radius 3 is 2.27 bits per heavy atom. The SMILES string of the molecule is COc1cc(CNC(=O)c2ccc(-c3ccc(F)cc3)o2)cc(OC)c1. The molecule has 0 fully saturated rings. The van der Waals surface area contributed by atoms with Crippen molar-refractivity contribution >= 4 is 5.91 Å². The monoisotopic (exact) mass is 355 g/mol. The van der Waals surface area contributed by atoms with Crippen LogP contribution in [0.25, 0.3) is 11.3 Å². The lowest BCUT2D eigenvalue weighted by Crippen LogP contribution is -2.22. The van der Waals surface area contributed by atoms with E-state index >= 15 is 0 Å². The highest BCUT2D eigenvalue weighted by molar-refractivity contribution is 5.92. The summed E-state index contributed by atoms with van der Waals surface area (Å²) in [7, 11) is 3.13. The summed E-state index contributed by atoms with van der Waals surface area (Å²) in [6.07, 6.45) is 0. The summed E-state index contributed by atoms with van der Waals surface area (Å²) < 4.78 is 29.0. The average Bonchev–Trinajstić information content (AvgIpc) is 3.16. The van der Waals surface area contributed by atoms with E-state index in [4.69, 9.17) is 13.9 Å². The van der Waals surface area contributed by atoms with Crippen LogP contribution < -0.4 is 14.8 Å². The number of carbonyl (C=O) groups is 1. The van der Waals surface area contributed by atoms with E-state index in [1.165, 1.54) is 12.1 Å². The Morgan fingerprint density at radius 1 is 1.00 bits per heavy atom. The minimum atomic E-state index is -0.347. The van der Waals surface area contributed by atoms with Gasteiger partial charge in [-0.05, 0) is 54.1 Å². The van der Waals surface area contributed by atoms with Crippen molar-refractivity contribution in [2.45, 2.75) is 6.54 Å². The highest BCUT2D eigenvalue weighted by atomic mass is 19.1. The molecule has 3 rings (SSSR count). The van der Waals surface area contributed by atoms with Crippen molar-refractivity contribution in [2.75, 3.05) is 14.2 Å². The molecule has 0 aliphatic rings. The first-order chi connectivity index (χ1) is 12.6. The zero-order valence-corrected chi connectivity index (χ0v) is 14.4. The predicted molar refractivity (Wildman–Crippen MR) is 94.8 cm³/mol. The van der Waals surface area contributed by atoms with Crippen LogP contribution in [-0.2, 0) is 6.54 Å². The highest BCUT2D eigenvalue weighted by Crippen LogP contribution is 2.24. The molecule has 0 radical (unpaired) electrons. The number of amides is 1. The van der Waals surface area contributed by atoms with Crippen molar-refractivity contribution in [3.63, 3.8) is 0 Å². The summed E-state index contributed by atoms with van der Waals surface area (Å²) in [4.78, 5) is 12.3. The Hall–Kier alpha value is -3.28. The Labute approximate surface area is 150 Å². The van der Waals surface area contributed by atoms with Gasteiger partial charge in [-0.1, -0.05) is 0 Å². The summed E-state index contributed by atoms with van der Waals surface area (Å²) in [5.74, 6) is 1.29. The normalized spacial score (nSPS) is 10.4. The third-order valence-corrected chi connectivity index (χ3v) is 3.82. The number of carbonyl (C=O) groups excluding carboxylic acids is 1. The molecule has 0 aliphatic carbocycles. The van der Waals surface area contributed by atoms with Gasteiger partial charge in [-0.2, -0.15) is 0 Å². The number of nitrogens with one attached hydrogen (secondary N) is 1. The Morgan fingerprint density at radius 2 is 1.65 bits per heavy atom. The van der Waals surface area contributed by atoms with E-state index in [1.807, 2.05) is 12.1 Å². The largest absolute Gasteiger partial charge is 0.497 e. The molecule has 6 heteroatoms. The molecule has 2 aromatic carbocycles. The zero-order valence-electron chi connectivity index (χ0n) is 14.4. The molecule has 0 aliphatic heterocycles. The van der Waals surface area contributed by atoms with Gasteiger partial charge in [0.25, 0.3) is 5.91 Å². The lowest BCUT2D eigenvalue weighted by Gasteiger charge is -2.09. The first-order valence-corrected chi connectivity index (χ1v) is 7.95. The number of benzene rings is 2. The first-order valence-electron chi connectivity index (χ1n) is 7.95. The molecule has 5 nitrogen and oxygen atoms in total. The minimum Gasteiger partial charge on any atom is -0.497 e. The quantitative estimate of drug-likeness (QED) is 0.725. The van der Waals surface area contributed by atoms with Crippen LogP contribution in [0.5, 0.6) is 11.5 Å². The molecule has 134 valence electrons. The van der Waals surface area contributed by atoms with Crippen LogP contribution in [0.3, 0.4) is 0 Å². The first kappa shape index (κ1) is 17.5. The van der Waals surface area contributed by atoms with Crippen LogP contribution in [0.4, 0.5) is 4.39 Å². The molecule has 0 saturated carbocycles. The number of halogens is 1. The number of hydrogen-bond donors (Lipinski definition) is 1. The minimum absolute atomic E-state index is 0.180. The molecule has 1 N–H and O–H groups in total. The number of furan rings is 1. The fraction of sp³-hybridized carbons (Fsp3) is 0.150. The van der Waals surface area contributed by atoms with E-state index in [0.717, 1.165) is 5.56 Å². The summed E-state index contributed by atoms with van der Waals surface area (Å²) in [6, 6.07) is 14.5. The van der Waals surface area contributed by atoms with Gasteiger partial charge in [-0.3, -0.25) is 4.79 Å². The summed E-state index contributed by atoms with van der Waals surface area (Å²) in [6.45, 7) is 0.291. The second-order valence-corrected chi connectivity index (χ2v) is 5.57. The smallest absolute Gasteiger partial charge is 0.287 e. The van der Waals surface area contributed by atoms with Crippen molar-refractivity contribution in [2.24, 2.45) is 0 Å². The molecule has 0 saturated heterocycles. The van der Waals surface area contributed by atoms with Crippen molar-refractivity contribution in [1.29, 1.82) is 0 Å². The Kier molecular flexibility index (Phi) is 5.22. The van der Waals surface area contributed by atoms with Gasteiger partial charge in [0.15, 0.2) is 5.76 Å². The van der Waals surface area contributed by atoms with Gasteiger partial charge < -0.3 is 19.2 Å². The second-order valence-electron chi connectivity index (χ2n) is 5.57. The molecular formula is C20H18FNO4. The summed E-state index contributed by atoms with van der Waals surface area (Å²) in [5.41, 5.74) is 1.53. The third kappa shape index (κ3) is 4.03. The number of hydrogen-bond acceptors (Lipinski definition) is 4. The Bertz CT molecular complexity index is 880. The van der Waals surface area contributed by atoms with Crippen molar-refractivity contribution < 1.29 is 23.1 Å². The molecule has 0 bridgehead atoms. The van der Waals surface area contributed by atoms with E-state index in [2.05, 4.69) is 5.32 Å². The highest BCUT2D eigenvalue weighted by Gasteiger charge is 2.12. The summed E-state index contributed by atoms with van der Waals surface area (Å²) in [5, 5.41) is 2.79. The van der Waals surface area contributed by atoms with Crippen LogP contribution in [0, 0.1) is 5.82 Å². The lowest BCUT2D eigenvalue weighted by molar-refractivity contribution is 0.0924. The maximum Gasteiger partial charge on any atom is 0.287 e. The van der Waals surface area contributed by atoms with Gasteiger partial charge in [0.05, 0.1) is 14.2 Å². The maximum atomic E-state index is 13.0. The molecule has 26 heavy (non-hydrogen) atoms.